The number of hydrogen-bond donors (Lipinski definition) is 4. The molecule has 12 nitrogen and oxygen atoms in total. The molecule has 1 heterocycles. The first kappa shape index (κ1) is 28.9. The number of aliphatic hydroxyl groups is 1. The van der Waals surface area contributed by atoms with Crippen molar-refractivity contribution in [2.75, 3.05) is 18.5 Å². The van der Waals surface area contributed by atoms with E-state index in [1.165, 1.54) is 24.3 Å². The number of ether oxygens (including phenoxy) is 2. The molecule has 0 radical (unpaired) electrons. The van der Waals surface area contributed by atoms with Crippen molar-refractivity contribution in [1.29, 1.82) is 5.26 Å². The molecule has 0 saturated heterocycles. The van der Waals surface area contributed by atoms with Crippen molar-refractivity contribution in [3.63, 3.8) is 0 Å². The van der Waals surface area contributed by atoms with Crippen LogP contribution in [0, 0.1) is 18.3 Å². The van der Waals surface area contributed by atoms with Gasteiger partial charge >= 0.3 is 6.18 Å². The number of anilines is 1. The number of aromatic amines is 1. The van der Waals surface area contributed by atoms with Gasteiger partial charge in [-0.3, -0.25) is 9.59 Å². The van der Waals surface area contributed by atoms with E-state index in [1.54, 1.807) is 6.92 Å². The van der Waals surface area contributed by atoms with Gasteiger partial charge in [0.1, 0.15) is 42.6 Å². The van der Waals surface area contributed by atoms with Crippen LogP contribution in [0.2, 0.25) is 0 Å². The molecule has 206 valence electrons. The summed E-state index contributed by atoms with van der Waals surface area (Å²) in [5, 5.41) is 45.2. The Morgan fingerprint density at radius 1 is 1.21 bits per heavy atom. The number of alkyl halides is 3. The summed E-state index contributed by atoms with van der Waals surface area (Å²) < 4.78 is 49.4. The van der Waals surface area contributed by atoms with E-state index >= 15 is 0 Å². The summed E-state index contributed by atoms with van der Waals surface area (Å²) >= 11 is 0. The second-order valence-corrected chi connectivity index (χ2v) is 8.36. The molecule has 1 unspecified atom stereocenters. The number of rotatable bonds is 11. The van der Waals surface area contributed by atoms with Crippen molar-refractivity contribution in [2.24, 2.45) is 0 Å². The van der Waals surface area contributed by atoms with Crippen LogP contribution in [0.15, 0.2) is 24.3 Å². The van der Waals surface area contributed by atoms with Gasteiger partial charge in [0.2, 0.25) is 5.82 Å². The van der Waals surface area contributed by atoms with Crippen LogP contribution in [0.5, 0.6) is 17.2 Å². The fraction of sp³-hybridized carbons (Fsp3) is 0.333. The number of amides is 1. The highest BCUT2D eigenvalue weighted by atomic mass is 19.4. The van der Waals surface area contributed by atoms with Crippen molar-refractivity contribution < 1.29 is 42.4 Å². The lowest BCUT2D eigenvalue weighted by atomic mass is 10.0. The highest BCUT2D eigenvalue weighted by Gasteiger charge is 2.29. The number of carbonyl (C=O) groups is 2. The second-order valence-electron chi connectivity index (χ2n) is 8.36. The number of nitrogens with one attached hydrogen (secondary N) is 2. The quantitative estimate of drug-likeness (QED) is 0.260. The average molecular weight is 548 g/mol. The van der Waals surface area contributed by atoms with Gasteiger partial charge in [-0.15, -0.1) is 5.10 Å². The molecule has 4 N–H and O–H groups in total. The molecule has 0 fully saturated rings. The number of nitrogens with zero attached hydrogens (tertiary/aromatic N) is 4. The van der Waals surface area contributed by atoms with Crippen LogP contribution in [0.4, 0.5) is 18.9 Å². The lowest BCUT2D eigenvalue weighted by molar-refractivity contribution is -0.134. The van der Waals surface area contributed by atoms with Gasteiger partial charge < -0.3 is 25.0 Å². The van der Waals surface area contributed by atoms with Crippen LogP contribution in [0.3, 0.4) is 0 Å². The number of aromatic hydroxyl groups is 1. The third-order valence-corrected chi connectivity index (χ3v) is 5.40. The lowest BCUT2D eigenvalue weighted by Crippen LogP contribution is -2.25. The Labute approximate surface area is 219 Å². The minimum Gasteiger partial charge on any atom is -0.507 e. The van der Waals surface area contributed by atoms with Gasteiger partial charge in [0.15, 0.2) is 5.78 Å². The molecule has 0 saturated carbocycles. The second kappa shape index (κ2) is 12.2. The van der Waals surface area contributed by atoms with Crippen LogP contribution >= 0.6 is 0 Å². The zero-order valence-corrected chi connectivity index (χ0v) is 20.7. The number of phenolic OH excluding ortho intramolecular Hbond substituents is 1. The lowest BCUT2D eigenvalue weighted by Gasteiger charge is -2.19. The monoisotopic (exact) mass is 548 g/mol. The average Bonchev–Trinajstić information content (AvgIpc) is 3.41. The van der Waals surface area contributed by atoms with Crippen molar-refractivity contribution >= 4 is 17.4 Å². The normalized spacial score (nSPS) is 11.9. The molecule has 0 spiro atoms. The Hall–Kier alpha value is -4.71. The summed E-state index contributed by atoms with van der Waals surface area (Å²) in [4.78, 5) is 23.9. The summed E-state index contributed by atoms with van der Waals surface area (Å²) in [6, 6.07) is 7.22. The van der Waals surface area contributed by atoms with Gasteiger partial charge in [-0.1, -0.05) is 0 Å². The number of aliphatic hydroxyl groups excluding tert-OH is 1. The molecule has 15 heteroatoms. The number of halogens is 3. The fourth-order valence-corrected chi connectivity index (χ4v) is 3.43. The maximum Gasteiger partial charge on any atom is 0.389 e. The van der Waals surface area contributed by atoms with Gasteiger partial charge in [-0.05, 0) is 54.5 Å². The number of carbonyl (C=O) groups excluding carboxylic acids is 2. The van der Waals surface area contributed by atoms with Crippen LogP contribution in [0.25, 0.3) is 0 Å². The molecule has 3 rings (SSSR count). The highest BCUT2D eigenvalue weighted by Crippen LogP contribution is 2.35. The standard InChI is InChI=1S/C24H23F3N6O6/c1-12-7-14(9-28)20(8-18(12)29-23(37)22-30-32-33-31-22)39-11-15(35)10-38-19-4-3-16(13(2)34)21(36)17(19)5-6-24(25,26)27/h3-4,7-8,15,35-36H,5-6,10-11H2,1-2H3,(H,29,37)(H,30,31,32,33). The van der Waals surface area contributed by atoms with E-state index in [-0.39, 0.29) is 39.7 Å². The number of H-pyrrole nitrogens is 1. The molecule has 0 aliphatic rings. The SMILES string of the molecule is CC(=O)c1ccc(OCC(O)COc2cc(NC(=O)c3nnn[nH]3)c(C)cc2C#N)c(CCC(F)(F)F)c1O. The zero-order chi connectivity index (χ0) is 28.7. The molecule has 1 amide bonds. The van der Waals surface area contributed by atoms with E-state index in [0.29, 0.717) is 5.56 Å². The fourth-order valence-electron chi connectivity index (χ4n) is 3.43. The zero-order valence-electron chi connectivity index (χ0n) is 20.7. The van der Waals surface area contributed by atoms with Crippen molar-refractivity contribution in [3.05, 3.63) is 52.3 Å². The molecular formula is C24H23F3N6O6. The first-order valence-electron chi connectivity index (χ1n) is 11.4. The number of nitriles is 1. The number of benzene rings is 2. The Morgan fingerprint density at radius 3 is 2.49 bits per heavy atom. The Bertz CT molecular complexity index is 1390. The van der Waals surface area contributed by atoms with Gasteiger partial charge in [0, 0.05) is 23.7 Å². The van der Waals surface area contributed by atoms with E-state index in [4.69, 9.17) is 9.47 Å². The maximum absolute atomic E-state index is 12.8. The van der Waals surface area contributed by atoms with E-state index < -0.39 is 55.8 Å². The van der Waals surface area contributed by atoms with Gasteiger partial charge in [-0.25, -0.2) is 5.10 Å². The van der Waals surface area contributed by atoms with E-state index in [1.807, 2.05) is 6.07 Å². The molecule has 0 bridgehead atoms. The minimum absolute atomic E-state index is 0.0301. The summed E-state index contributed by atoms with van der Waals surface area (Å²) in [6.45, 7) is 1.96. The van der Waals surface area contributed by atoms with Gasteiger partial charge in [0.05, 0.1) is 11.1 Å². The van der Waals surface area contributed by atoms with E-state index in [2.05, 4.69) is 25.9 Å². The number of Topliss-reactive ketones (excluding diaryl/α,β-unsaturated/α-hetero) is 1. The third kappa shape index (κ3) is 7.65. The summed E-state index contributed by atoms with van der Waals surface area (Å²) in [7, 11) is 0. The first-order valence-corrected chi connectivity index (χ1v) is 11.4. The smallest absolute Gasteiger partial charge is 0.389 e. The third-order valence-electron chi connectivity index (χ3n) is 5.40. The van der Waals surface area contributed by atoms with Gasteiger partial charge in [-0.2, -0.15) is 18.4 Å². The molecule has 0 aliphatic carbocycles. The van der Waals surface area contributed by atoms with Crippen molar-refractivity contribution in [2.45, 2.75) is 39.0 Å². The molecule has 3 aromatic rings. The predicted octanol–water partition coefficient (Wildman–Crippen LogP) is 2.85. The molecular weight excluding hydrogens is 525 g/mol. The summed E-state index contributed by atoms with van der Waals surface area (Å²) in [6.07, 6.45) is -7.74. The summed E-state index contributed by atoms with van der Waals surface area (Å²) in [5.74, 6) is -2.06. The molecule has 1 atom stereocenters. The van der Waals surface area contributed by atoms with Gasteiger partial charge in [0.25, 0.3) is 5.91 Å². The van der Waals surface area contributed by atoms with Crippen molar-refractivity contribution in [3.8, 4) is 23.3 Å². The predicted molar refractivity (Wildman–Crippen MR) is 128 cm³/mol. The molecule has 39 heavy (non-hydrogen) atoms. The van der Waals surface area contributed by atoms with Crippen molar-refractivity contribution in [1.82, 2.24) is 20.6 Å². The first-order chi connectivity index (χ1) is 18.4. The molecule has 0 aliphatic heterocycles. The van der Waals surface area contributed by atoms with E-state index in [0.717, 1.165) is 6.92 Å². The van der Waals surface area contributed by atoms with Crippen LogP contribution in [-0.4, -0.2) is 68.0 Å². The number of tetrazole rings is 1. The highest BCUT2D eigenvalue weighted by molar-refractivity contribution is 6.02. The number of aryl methyl sites for hydroxylation is 1. The van der Waals surface area contributed by atoms with E-state index in [9.17, 15) is 38.2 Å². The topological polar surface area (TPSA) is 183 Å². The number of aromatic nitrogens is 4. The Kier molecular flexibility index (Phi) is 9.04. The van der Waals surface area contributed by atoms with Crippen LogP contribution in [0.1, 0.15) is 51.0 Å². The van der Waals surface area contributed by atoms with Crippen LogP contribution < -0.4 is 14.8 Å². The number of phenols is 1. The summed E-state index contributed by atoms with van der Waals surface area (Å²) in [5.41, 5.74) is 0.546. The minimum atomic E-state index is -4.51. The number of hydrogen-bond acceptors (Lipinski definition) is 10. The Balaban J connectivity index is 1.70. The molecule has 2 aromatic carbocycles. The Morgan fingerprint density at radius 2 is 1.90 bits per heavy atom. The molecule has 1 aromatic heterocycles. The van der Waals surface area contributed by atoms with Crippen LogP contribution in [-0.2, 0) is 6.42 Å². The maximum atomic E-state index is 12.8. The number of ketones is 1. The largest absolute Gasteiger partial charge is 0.507 e.